The summed E-state index contributed by atoms with van der Waals surface area (Å²) in [5.74, 6) is 0.354. The van der Waals surface area contributed by atoms with Crippen LogP contribution in [-0.2, 0) is 0 Å². The fourth-order valence-corrected chi connectivity index (χ4v) is 3.01. The Kier molecular flexibility index (Phi) is 4.76. The summed E-state index contributed by atoms with van der Waals surface area (Å²) in [5.41, 5.74) is 3.47. The summed E-state index contributed by atoms with van der Waals surface area (Å²) in [7, 11) is 0. The molecule has 3 nitrogen and oxygen atoms in total. The summed E-state index contributed by atoms with van der Waals surface area (Å²) in [6.07, 6.45) is 0. The second-order valence-electron chi connectivity index (χ2n) is 5.71. The number of rotatable bonds is 4. The van der Waals surface area contributed by atoms with Gasteiger partial charge in [0.2, 0.25) is 0 Å². The molecule has 122 valence electrons. The summed E-state index contributed by atoms with van der Waals surface area (Å²) < 4.78 is 0.862. The van der Waals surface area contributed by atoms with Crippen molar-refractivity contribution in [2.45, 2.75) is 13.0 Å². The van der Waals surface area contributed by atoms with Crippen molar-refractivity contribution in [3.8, 4) is 11.5 Å². The average molecular weight is 384 g/mol. The molecule has 0 heterocycles. The maximum absolute atomic E-state index is 10.3. The number of aryl methyl sites for hydroxylation is 1. The number of benzene rings is 3. The van der Waals surface area contributed by atoms with Crippen molar-refractivity contribution in [3.63, 3.8) is 0 Å². The van der Waals surface area contributed by atoms with E-state index in [1.165, 1.54) is 5.56 Å². The van der Waals surface area contributed by atoms with Crippen molar-refractivity contribution in [1.82, 2.24) is 0 Å². The molecule has 1 atom stereocenters. The molecule has 4 heteroatoms. The minimum Gasteiger partial charge on any atom is -0.508 e. The van der Waals surface area contributed by atoms with E-state index in [0.717, 1.165) is 10.2 Å². The number of phenols is 2. The first kappa shape index (κ1) is 16.4. The second-order valence-corrected chi connectivity index (χ2v) is 6.62. The van der Waals surface area contributed by atoms with Crippen LogP contribution in [0.4, 0.5) is 5.69 Å². The number of phenolic OH excluding ortho intramolecular Hbond substituents is 2. The zero-order valence-electron chi connectivity index (χ0n) is 13.2. The molecule has 0 radical (unpaired) electrons. The van der Waals surface area contributed by atoms with Crippen LogP contribution in [0.3, 0.4) is 0 Å². The summed E-state index contributed by atoms with van der Waals surface area (Å²) >= 11 is 3.45. The van der Waals surface area contributed by atoms with E-state index in [1.54, 1.807) is 24.3 Å². The Bertz CT molecular complexity index is 847. The SMILES string of the molecule is Cc1ccc(NC(c2ccccc2O)c2cc(Br)ccc2O)cc1. The molecule has 0 aliphatic rings. The van der Waals surface area contributed by atoms with E-state index >= 15 is 0 Å². The van der Waals surface area contributed by atoms with E-state index in [1.807, 2.05) is 49.4 Å². The third-order valence-electron chi connectivity index (χ3n) is 3.91. The maximum Gasteiger partial charge on any atom is 0.121 e. The number of aromatic hydroxyl groups is 2. The first-order chi connectivity index (χ1) is 11.5. The Morgan fingerprint density at radius 2 is 1.50 bits per heavy atom. The molecule has 0 aromatic heterocycles. The largest absolute Gasteiger partial charge is 0.508 e. The fourth-order valence-electron chi connectivity index (χ4n) is 2.63. The Balaban J connectivity index is 2.08. The van der Waals surface area contributed by atoms with E-state index in [-0.39, 0.29) is 17.5 Å². The van der Waals surface area contributed by atoms with Gasteiger partial charge in [-0.15, -0.1) is 0 Å². The van der Waals surface area contributed by atoms with Crippen molar-refractivity contribution in [1.29, 1.82) is 0 Å². The standard InChI is InChI=1S/C20H18BrNO2/c1-13-6-9-15(10-7-13)22-20(16-4-2-3-5-18(16)23)17-12-14(21)8-11-19(17)24/h2-12,20,22-24H,1H3. The van der Waals surface area contributed by atoms with Crippen LogP contribution >= 0.6 is 15.9 Å². The molecule has 0 saturated heterocycles. The molecule has 0 aliphatic carbocycles. The number of anilines is 1. The first-order valence-corrected chi connectivity index (χ1v) is 8.43. The Morgan fingerprint density at radius 1 is 0.833 bits per heavy atom. The van der Waals surface area contributed by atoms with E-state index in [2.05, 4.69) is 21.2 Å². The molecule has 0 bridgehead atoms. The lowest BCUT2D eigenvalue weighted by Gasteiger charge is -2.23. The Labute approximate surface area is 149 Å². The molecular weight excluding hydrogens is 366 g/mol. The normalized spacial score (nSPS) is 11.9. The van der Waals surface area contributed by atoms with E-state index in [0.29, 0.717) is 11.1 Å². The van der Waals surface area contributed by atoms with Gasteiger partial charge >= 0.3 is 0 Å². The van der Waals surface area contributed by atoms with Crippen LogP contribution < -0.4 is 5.32 Å². The third-order valence-corrected chi connectivity index (χ3v) is 4.40. The number of halogens is 1. The van der Waals surface area contributed by atoms with E-state index in [9.17, 15) is 10.2 Å². The molecule has 3 N–H and O–H groups in total. The van der Waals surface area contributed by atoms with Gasteiger partial charge in [0.05, 0.1) is 6.04 Å². The molecule has 0 amide bonds. The summed E-state index contributed by atoms with van der Waals surface area (Å²) in [4.78, 5) is 0. The van der Waals surface area contributed by atoms with Crippen LogP contribution in [0.25, 0.3) is 0 Å². The lowest BCUT2D eigenvalue weighted by molar-refractivity contribution is 0.457. The van der Waals surface area contributed by atoms with E-state index in [4.69, 9.17) is 0 Å². The molecule has 0 spiro atoms. The van der Waals surface area contributed by atoms with Gasteiger partial charge in [0.1, 0.15) is 11.5 Å². The van der Waals surface area contributed by atoms with Gasteiger partial charge in [-0.05, 0) is 43.3 Å². The number of hydrogen-bond donors (Lipinski definition) is 3. The highest BCUT2D eigenvalue weighted by Crippen LogP contribution is 2.37. The Hall–Kier alpha value is -2.46. The highest BCUT2D eigenvalue weighted by Gasteiger charge is 2.21. The Morgan fingerprint density at radius 3 is 2.21 bits per heavy atom. The van der Waals surface area contributed by atoms with Crippen molar-refractivity contribution in [2.24, 2.45) is 0 Å². The number of para-hydroxylation sites is 1. The van der Waals surface area contributed by atoms with Gasteiger partial charge in [-0.3, -0.25) is 0 Å². The third kappa shape index (κ3) is 3.54. The molecule has 0 aliphatic heterocycles. The second kappa shape index (κ2) is 6.97. The summed E-state index contributed by atoms with van der Waals surface area (Å²) in [6, 6.07) is 20.0. The smallest absolute Gasteiger partial charge is 0.121 e. The van der Waals surface area contributed by atoms with Gasteiger partial charge in [0, 0.05) is 21.3 Å². The molecule has 0 fully saturated rings. The van der Waals surface area contributed by atoms with Crippen molar-refractivity contribution < 1.29 is 10.2 Å². The number of nitrogens with one attached hydrogen (secondary N) is 1. The highest BCUT2D eigenvalue weighted by molar-refractivity contribution is 9.10. The van der Waals surface area contributed by atoms with Crippen LogP contribution in [0.15, 0.2) is 71.2 Å². The van der Waals surface area contributed by atoms with Crippen LogP contribution in [-0.4, -0.2) is 10.2 Å². The summed E-state index contributed by atoms with van der Waals surface area (Å²) in [5, 5.41) is 24.0. The quantitative estimate of drug-likeness (QED) is 0.567. The van der Waals surface area contributed by atoms with Crippen molar-refractivity contribution in [3.05, 3.63) is 87.9 Å². The molecule has 0 saturated carbocycles. The zero-order valence-corrected chi connectivity index (χ0v) is 14.8. The molecular formula is C20H18BrNO2. The minimum atomic E-state index is -0.383. The van der Waals surface area contributed by atoms with Gasteiger partial charge < -0.3 is 15.5 Å². The highest BCUT2D eigenvalue weighted by atomic mass is 79.9. The predicted octanol–water partition coefficient (Wildman–Crippen LogP) is 5.37. The van der Waals surface area contributed by atoms with Gasteiger partial charge in [-0.2, -0.15) is 0 Å². The molecule has 1 unspecified atom stereocenters. The van der Waals surface area contributed by atoms with Crippen LogP contribution in [0.5, 0.6) is 11.5 Å². The van der Waals surface area contributed by atoms with Gasteiger partial charge in [-0.1, -0.05) is 51.8 Å². The molecule has 3 aromatic carbocycles. The minimum absolute atomic E-state index is 0.172. The molecule has 24 heavy (non-hydrogen) atoms. The average Bonchev–Trinajstić information content (AvgIpc) is 2.58. The van der Waals surface area contributed by atoms with Crippen LogP contribution in [0.1, 0.15) is 22.7 Å². The molecule has 3 rings (SSSR count). The first-order valence-electron chi connectivity index (χ1n) is 7.64. The molecule has 3 aromatic rings. The van der Waals surface area contributed by atoms with Crippen LogP contribution in [0.2, 0.25) is 0 Å². The van der Waals surface area contributed by atoms with Gasteiger partial charge in [0.15, 0.2) is 0 Å². The van der Waals surface area contributed by atoms with Gasteiger partial charge in [0.25, 0.3) is 0 Å². The van der Waals surface area contributed by atoms with Crippen LogP contribution in [0, 0.1) is 6.92 Å². The predicted molar refractivity (Wildman–Crippen MR) is 101 cm³/mol. The zero-order chi connectivity index (χ0) is 17.1. The fraction of sp³-hybridized carbons (Fsp3) is 0.100. The van der Waals surface area contributed by atoms with Crippen molar-refractivity contribution in [2.75, 3.05) is 5.32 Å². The summed E-state index contributed by atoms with van der Waals surface area (Å²) in [6.45, 7) is 2.03. The topological polar surface area (TPSA) is 52.5 Å². The number of hydrogen-bond acceptors (Lipinski definition) is 3. The lowest BCUT2D eigenvalue weighted by atomic mass is 9.96. The lowest BCUT2D eigenvalue weighted by Crippen LogP contribution is -2.13. The maximum atomic E-state index is 10.3. The van der Waals surface area contributed by atoms with Gasteiger partial charge in [-0.25, -0.2) is 0 Å². The van der Waals surface area contributed by atoms with Crippen molar-refractivity contribution >= 4 is 21.6 Å². The van der Waals surface area contributed by atoms with E-state index < -0.39 is 0 Å². The monoisotopic (exact) mass is 383 g/mol.